The van der Waals surface area contributed by atoms with E-state index >= 15 is 0 Å². The van der Waals surface area contributed by atoms with Gasteiger partial charge in [0.15, 0.2) is 9.84 Å². The fraction of sp³-hybridized carbons (Fsp3) is 0.176. The zero-order valence-corrected chi connectivity index (χ0v) is 14.6. The Morgan fingerprint density at radius 1 is 1.04 bits per heavy atom. The van der Waals surface area contributed by atoms with Gasteiger partial charge in [0.25, 0.3) is 5.91 Å². The first-order chi connectivity index (χ1) is 12.6. The molecule has 0 spiro atoms. The van der Waals surface area contributed by atoms with Crippen LogP contribution in [0.3, 0.4) is 0 Å². The van der Waals surface area contributed by atoms with Crippen molar-refractivity contribution in [3.05, 3.63) is 65.5 Å². The van der Waals surface area contributed by atoms with E-state index in [4.69, 9.17) is 5.73 Å². The molecule has 0 saturated heterocycles. The van der Waals surface area contributed by atoms with Crippen molar-refractivity contribution in [1.82, 2.24) is 5.32 Å². The lowest BCUT2D eigenvalue weighted by atomic mass is 10.1. The molecule has 0 aliphatic heterocycles. The topological polar surface area (TPSA) is 106 Å². The fourth-order valence-electron chi connectivity index (χ4n) is 2.29. The highest BCUT2D eigenvalue weighted by atomic mass is 32.2. The second-order valence-corrected chi connectivity index (χ2v) is 7.70. The summed E-state index contributed by atoms with van der Waals surface area (Å²) in [5.74, 6) is -7.14. The number of sulfone groups is 1. The third-order valence-electron chi connectivity index (χ3n) is 3.66. The summed E-state index contributed by atoms with van der Waals surface area (Å²) in [5.41, 5.74) is 4.03. The van der Waals surface area contributed by atoms with Gasteiger partial charge in [-0.15, -0.1) is 0 Å². The molecule has 0 aliphatic carbocycles. The van der Waals surface area contributed by atoms with Gasteiger partial charge in [0.05, 0.1) is 10.6 Å². The molecule has 2 aromatic carbocycles. The molecule has 0 fully saturated rings. The van der Waals surface area contributed by atoms with E-state index in [0.717, 1.165) is 0 Å². The summed E-state index contributed by atoms with van der Waals surface area (Å²) >= 11 is 0. The molecule has 1 atom stereocenters. The van der Waals surface area contributed by atoms with Gasteiger partial charge in [-0.1, -0.05) is 18.2 Å². The van der Waals surface area contributed by atoms with E-state index in [9.17, 15) is 31.2 Å². The number of halogens is 3. The Balaban J connectivity index is 2.15. The van der Waals surface area contributed by atoms with Crippen LogP contribution in [0.4, 0.5) is 13.2 Å². The minimum Gasteiger partial charge on any atom is -0.368 e. The fourth-order valence-corrected chi connectivity index (χ4v) is 3.65. The maximum absolute atomic E-state index is 13.7. The van der Waals surface area contributed by atoms with Gasteiger partial charge in [0.1, 0.15) is 29.1 Å². The second-order valence-electron chi connectivity index (χ2n) is 5.59. The summed E-state index contributed by atoms with van der Waals surface area (Å²) in [6.45, 7) is 0. The number of amides is 2. The first kappa shape index (κ1) is 20.4. The predicted octanol–water partition coefficient (Wildman–Crippen LogP) is 1.55. The van der Waals surface area contributed by atoms with Gasteiger partial charge < -0.3 is 11.1 Å². The number of primary amides is 1. The monoisotopic (exact) mass is 400 g/mol. The maximum atomic E-state index is 13.7. The molecule has 0 radical (unpaired) electrons. The largest absolute Gasteiger partial charge is 0.368 e. The summed E-state index contributed by atoms with van der Waals surface area (Å²) in [5, 5.41) is 1.98. The summed E-state index contributed by atoms with van der Waals surface area (Å²) in [6, 6.07) is 6.47. The Labute approximate surface area is 153 Å². The molecule has 2 rings (SSSR count). The van der Waals surface area contributed by atoms with Gasteiger partial charge in [0, 0.05) is 12.1 Å². The molecular weight excluding hydrogens is 385 g/mol. The molecule has 27 heavy (non-hydrogen) atoms. The van der Waals surface area contributed by atoms with E-state index < -0.39 is 62.9 Å². The Morgan fingerprint density at radius 2 is 1.59 bits per heavy atom. The number of carbonyl (C=O) groups is 2. The van der Waals surface area contributed by atoms with Gasteiger partial charge in [-0.25, -0.2) is 21.6 Å². The Morgan fingerprint density at radius 3 is 2.11 bits per heavy atom. The lowest BCUT2D eigenvalue weighted by molar-refractivity contribution is -0.119. The Kier molecular flexibility index (Phi) is 6.21. The summed E-state index contributed by atoms with van der Waals surface area (Å²) in [7, 11) is -3.77. The van der Waals surface area contributed by atoms with Crippen LogP contribution in [0.25, 0.3) is 0 Å². The SMILES string of the molecule is NC(=O)[C@@H](CCS(=O)(=O)c1ccccc1)NC(=O)c1c(F)cc(F)cc1F. The molecule has 0 aliphatic rings. The van der Waals surface area contributed by atoms with Crippen LogP contribution < -0.4 is 11.1 Å². The van der Waals surface area contributed by atoms with Crippen LogP contribution in [-0.2, 0) is 14.6 Å². The van der Waals surface area contributed by atoms with E-state index in [0.29, 0.717) is 12.1 Å². The molecule has 10 heteroatoms. The molecule has 144 valence electrons. The van der Waals surface area contributed by atoms with Gasteiger partial charge in [-0.2, -0.15) is 0 Å². The number of nitrogens with one attached hydrogen (secondary N) is 1. The van der Waals surface area contributed by atoms with Gasteiger partial charge in [0.2, 0.25) is 5.91 Å². The number of benzene rings is 2. The van der Waals surface area contributed by atoms with Crippen LogP contribution in [-0.4, -0.2) is 32.0 Å². The predicted molar refractivity (Wildman–Crippen MR) is 89.9 cm³/mol. The van der Waals surface area contributed by atoms with Crippen molar-refractivity contribution >= 4 is 21.7 Å². The average molecular weight is 400 g/mol. The van der Waals surface area contributed by atoms with E-state index in [2.05, 4.69) is 0 Å². The highest BCUT2D eigenvalue weighted by Crippen LogP contribution is 2.16. The highest BCUT2D eigenvalue weighted by molar-refractivity contribution is 7.91. The lowest BCUT2D eigenvalue weighted by Crippen LogP contribution is -2.45. The Hall–Kier alpha value is -2.88. The van der Waals surface area contributed by atoms with Crippen molar-refractivity contribution in [2.75, 3.05) is 5.75 Å². The zero-order valence-electron chi connectivity index (χ0n) is 13.8. The number of hydrogen-bond donors (Lipinski definition) is 2. The van der Waals surface area contributed by atoms with Crippen molar-refractivity contribution < 1.29 is 31.2 Å². The first-order valence-electron chi connectivity index (χ1n) is 7.64. The molecule has 0 heterocycles. The standard InChI is InChI=1S/C17H15F3N2O4S/c18-10-8-12(19)15(13(20)9-10)17(24)22-14(16(21)23)6-7-27(25,26)11-4-2-1-3-5-11/h1-5,8-9,14H,6-7H2,(H2,21,23)(H,22,24)/t14-/m1/s1. The molecule has 0 bridgehead atoms. The van der Waals surface area contributed by atoms with Crippen molar-refractivity contribution in [2.24, 2.45) is 5.73 Å². The minimum atomic E-state index is -3.77. The average Bonchev–Trinajstić information content (AvgIpc) is 2.58. The van der Waals surface area contributed by atoms with Crippen LogP contribution in [0.2, 0.25) is 0 Å². The smallest absolute Gasteiger partial charge is 0.257 e. The lowest BCUT2D eigenvalue weighted by Gasteiger charge is -2.16. The van der Waals surface area contributed by atoms with Crippen molar-refractivity contribution in [2.45, 2.75) is 17.4 Å². The minimum absolute atomic E-state index is 0.00942. The molecule has 2 amide bonds. The summed E-state index contributed by atoms with van der Waals surface area (Å²) in [4.78, 5) is 23.6. The molecular formula is C17H15F3N2O4S. The number of nitrogens with two attached hydrogens (primary N) is 1. The van der Waals surface area contributed by atoms with E-state index in [-0.39, 0.29) is 4.90 Å². The van der Waals surface area contributed by atoms with Crippen molar-refractivity contribution in [1.29, 1.82) is 0 Å². The van der Waals surface area contributed by atoms with Crippen LogP contribution in [0, 0.1) is 17.5 Å². The maximum Gasteiger partial charge on any atom is 0.257 e. The number of hydrogen-bond acceptors (Lipinski definition) is 4. The van der Waals surface area contributed by atoms with Crippen LogP contribution in [0.5, 0.6) is 0 Å². The molecule has 0 aromatic heterocycles. The molecule has 3 N–H and O–H groups in total. The number of carbonyl (C=O) groups excluding carboxylic acids is 2. The number of rotatable bonds is 7. The van der Waals surface area contributed by atoms with Crippen LogP contribution in [0.1, 0.15) is 16.8 Å². The second kappa shape index (κ2) is 8.21. The van der Waals surface area contributed by atoms with Gasteiger partial charge in [-0.05, 0) is 18.6 Å². The Bertz CT molecular complexity index is 942. The summed E-state index contributed by atoms with van der Waals surface area (Å²) in [6.07, 6.45) is -0.414. The molecule has 0 unspecified atom stereocenters. The molecule has 6 nitrogen and oxygen atoms in total. The normalized spacial score (nSPS) is 12.4. The van der Waals surface area contributed by atoms with Gasteiger partial charge in [-0.3, -0.25) is 9.59 Å². The van der Waals surface area contributed by atoms with Gasteiger partial charge >= 0.3 is 0 Å². The van der Waals surface area contributed by atoms with E-state index in [1.54, 1.807) is 6.07 Å². The quantitative estimate of drug-likeness (QED) is 0.735. The third-order valence-corrected chi connectivity index (χ3v) is 5.42. The molecule has 2 aromatic rings. The van der Waals surface area contributed by atoms with Crippen LogP contribution in [0.15, 0.2) is 47.4 Å². The van der Waals surface area contributed by atoms with Crippen molar-refractivity contribution in [3.63, 3.8) is 0 Å². The first-order valence-corrected chi connectivity index (χ1v) is 9.29. The molecule has 0 saturated carbocycles. The van der Waals surface area contributed by atoms with Crippen molar-refractivity contribution in [3.8, 4) is 0 Å². The zero-order chi connectivity index (χ0) is 20.2. The van der Waals surface area contributed by atoms with Crippen LogP contribution >= 0.6 is 0 Å². The van der Waals surface area contributed by atoms with E-state index in [1.807, 2.05) is 5.32 Å². The highest BCUT2D eigenvalue weighted by Gasteiger charge is 2.26. The van der Waals surface area contributed by atoms with E-state index in [1.165, 1.54) is 24.3 Å². The summed E-state index contributed by atoms with van der Waals surface area (Å²) < 4.78 is 64.7. The third kappa shape index (κ3) is 5.07.